The number of nitrogens with one attached hydrogen (secondary N) is 2. The Hall–Kier alpha value is -3.15. The lowest BCUT2D eigenvalue weighted by molar-refractivity contribution is 0.0938. The first-order valence-corrected chi connectivity index (χ1v) is 8.63. The average Bonchev–Trinajstić information content (AvgIpc) is 3.05. The van der Waals surface area contributed by atoms with Gasteiger partial charge in [0.1, 0.15) is 0 Å². The van der Waals surface area contributed by atoms with E-state index < -0.39 is 0 Å². The van der Waals surface area contributed by atoms with Gasteiger partial charge in [-0.25, -0.2) is 4.98 Å². The van der Waals surface area contributed by atoms with E-state index in [4.69, 9.17) is 0 Å². The first-order chi connectivity index (χ1) is 12.6. The van der Waals surface area contributed by atoms with Crippen LogP contribution >= 0.6 is 0 Å². The number of hydrogen-bond donors (Lipinski definition) is 2. The number of fused-ring (bicyclic) bond motifs is 1. The van der Waals surface area contributed by atoms with Crippen LogP contribution < -0.4 is 10.6 Å². The molecule has 0 saturated carbocycles. The topological polar surface area (TPSA) is 75.5 Å². The van der Waals surface area contributed by atoms with Crippen LogP contribution in [0, 0.1) is 5.92 Å². The van der Waals surface area contributed by atoms with Crippen molar-refractivity contribution in [1.29, 1.82) is 0 Å². The van der Waals surface area contributed by atoms with Crippen molar-refractivity contribution in [3.63, 3.8) is 0 Å². The van der Waals surface area contributed by atoms with E-state index in [9.17, 15) is 9.59 Å². The van der Waals surface area contributed by atoms with Crippen LogP contribution in [0.25, 0.3) is 5.52 Å². The van der Waals surface area contributed by atoms with Crippen molar-refractivity contribution in [3.05, 3.63) is 71.8 Å². The van der Waals surface area contributed by atoms with E-state index >= 15 is 0 Å². The minimum Gasteiger partial charge on any atom is -0.349 e. The molecule has 3 rings (SSSR count). The number of aromatic nitrogens is 2. The zero-order valence-corrected chi connectivity index (χ0v) is 14.9. The molecule has 0 spiro atoms. The van der Waals surface area contributed by atoms with Gasteiger partial charge in [0.25, 0.3) is 11.8 Å². The predicted octanol–water partition coefficient (Wildman–Crippen LogP) is 2.65. The quantitative estimate of drug-likeness (QED) is 0.718. The minimum atomic E-state index is -0.305. The van der Waals surface area contributed by atoms with Crippen LogP contribution in [-0.4, -0.2) is 27.7 Å². The van der Waals surface area contributed by atoms with Gasteiger partial charge in [-0.1, -0.05) is 50.2 Å². The molecule has 2 amide bonds. The maximum Gasteiger partial charge on any atom is 0.287 e. The molecule has 0 unspecified atom stereocenters. The van der Waals surface area contributed by atoms with Crippen molar-refractivity contribution >= 4 is 17.3 Å². The fourth-order valence-electron chi connectivity index (χ4n) is 2.60. The molecular formula is C20H22N4O2. The van der Waals surface area contributed by atoms with Crippen LogP contribution in [0.4, 0.5) is 0 Å². The van der Waals surface area contributed by atoms with Gasteiger partial charge >= 0.3 is 0 Å². The number of pyridine rings is 1. The molecule has 0 saturated heterocycles. The Morgan fingerprint density at radius 3 is 2.46 bits per heavy atom. The minimum absolute atomic E-state index is 0.214. The van der Waals surface area contributed by atoms with Gasteiger partial charge in [-0.05, 0) is 23.6 Å². The zero-order chi connectivity index (χ0) is 18.5. The van der Waals surface area contributed by atoms with Crippen molar-refractivity contribution in [2.45, 2.75) is 20.4 Å². The molecule has 134 valence electrons. The number of carbonyl (C=O) groups is 2. The third-order valence-corrected chi connectivity index (χ3v) is 3.93. The van der Waals surface area contributed by atoms with Crippen molar-refractivity contribution in [3.8, 4) is 0 Å². The summed E-state index contributed by atoms with van der Waals surface area (Å²) in [6, 6.07) is 15.1. The number of hydrogen-bond acceptors (Lipinski definition) is 3. The van der Waals surface area contributed by atoms with Gasteiger partial charge < -0.3 is 10.6 Å². The predicted molar refractivity (Wildman–Crippen MR) is 100.0 cm³/mol. The molecule has 0 aliphatic rings. The number of nitrogens with zero attached hydrogens (tertiary/aromatic N) is 2. The van der Waals surface area contributed by atoms with Gasteiger partial charge in [-0.3, -0.25) is 14.0 Å². The summed E-state index contributed by atoms with van der Waals surface area (Å²) in [5.74, 6) is -0.0487. The SMILES string of the molecule is CC(C)CNC(=O)c1nc(C(=O)NCc2ccccc2)c2ccccn12. The summed E-state index contributed by atoms with van der Waals surface area (Å²) in [6.45, 7) is 5.00. The Kier molecular flexibility index (Phi) is 5.31. The number of amides is 2. The molecule has 2 heterocycles. The van der Waals surface area contributed by atoms with E-state index in [0.29, 0.717) is 24.5 Å². The first kappa shape index (κ1) is 17.7. The molecule has 0 fully saturated rings. The number of carbonyl (C=O) groups excluding carboxylic acids is 2. The van der Waals surface area contributed by atoms with Crippen molar-refractivity contribution in [1.82, 2.24) is 20.0 Å². The van der Waals surface area contributed by atoms with Crippen LogP contribution in [0.1, 0.15) is 40.5 Å². The lowest BCUT2D eigenvalue weighted by Gasteiger charge is -2.06. The van der Waals surface area contributed by atoms with Crippen molar-refractivity contribution < 1.29 is 9.59 Å². The molecule has 26 heavy (non-hydrogen) atoms. The largest absolute Gasteiger partial charge is 0.349 e. The summed E-state index contributed by atoms with van der Waals surface area (Å²) < 4.78 is 1.65. The lowest BCUT2D eigenvalue weighted by atomic mass is 10.2. The number of imidazole rings is 1. The smallest absolute Gasteiger partial charge is 0.287 e. The highest BCUT2D eigenvalue weighted by molar-refractivity contribution is 6.02. The summed E-state index contributed by atoms with van der Waals surface area (Å²) >= 11 is 0. The van der Waals surface area contributed by atoms with Gasteiger partial charge in [-0.15, -0.1) is 0 Å². The van der Waals surface area contributed by atoms with Crippen LogP contribution in [0.2, 0.25) is 0 Å². The molecule has 6 nitrogen and oxygen atoms in total. The van der Waals surface area contributed by atoms with E-state index in [-0.39, 0.29) is 23.3 Å². The fourth-order valence-corrected chi connectivity index (χ4v) is 2.60. The second kappa shape index (κ2) is 7.82. The van der Waals surface area contributed by atoms with Gasteiger partial charge in [-0.2, -0.15) is 0 Å². The molecule has 0 atom stereocenters. The van der Waals surface area contributed by atoms with E-state index in [1.165, 1.54) is 0 Å². The van der Waals surface area contributed by atoms with Crippen LogP contribution in [0.15, 0.2) is 54.7 Å². The third-order valence-electron chi connectivity index (χ3n) is 3.93. The summed E-state index contributed by atoms with van der Waals surface area (Å²) in [4.78, 5) is 29.4. The van der Waals surface area contributed by atoms with Crippen molar-refractivity contribution in [2.24, 2.45) is 5.92 Å². The fraction of sp³-hybridized carbons (Fsp3) is 0.250. The standard InChI is InChI=1S/C20H22N4O2/c1-14(2)12-21-20(26)18-23-17(16-10-6-7-11-24(16)18)19(25)22-13-15-8-4-3-5-9-15/h3-11,14H,12-13H2,1-2H3,(H,21,26)(H,22,25). The van der Waals surface area contributed by atoms with E-state index in [1.54, 1.807) is 22.7 Å². The maximum atomic E-state index is 12.6. The molecule has 3 aromatic rings. The summed E-state index contributed by atoms with van der Waals surface area (Å²) in [7, 11) is 0. The molecule has 2 aromatic heterocycles. The number of rotatable bonds is 6. The Labute approximate surface area is 152 Å². The first-order valence-electron chi connectivity index (χ1n) is 8.63. The monoisotopic (exact) mass is 350 g/mol. The molecule has 0 aliphatic carbocycles. The average molecular weight is 350 g/mol. The molecule has 1 aromatic carbocycles. The highest BCUT2D eigenvalue weighted by atomic mass is 16.2. The maximum absolute atomic E-state index is 12.6. The lowest BCUT2D eigenvalue weighted by Crippen LogP contribution is -2.29. The molecule has 0 radical (unpaired) electrons. The summed E-state index contributed by atoms with van der Waals surface area (Å²) in [5, 5.41) is 5.71. The van der Waals surface area contributed by atoms with E-state index in [1.807, 2.05) is 50.2 Å². The Balaban J connectivity index is 1.84. The highest BCUT2D eigenvalue weighted by Crippen LogP contribution is 2.14. The third kappa shape index (κ3) is 3.91. The molecule has 6 heteroatoms. The highest BCUT2D eigenvalue weighted by Gasteiger charge is 2.21. The summed E-state index contributed by atoms with van der Waals surface area (Å²) in [6.07, 6.45) is 1.74. The van der Waals surface area contributed by atoms with Gasteiger partial charge in [0.2, 0.25) is 5.82 Å². The van der Waals surface area contributed by atoms with Crippen LogP contribution in [-0.2, 0) is 6.54 Å². The second-order valence-electron chi connectivity index (χ2n) is 6.51. The Morgan fingerprint density at radius 1 is 1.00 bits per heavy atom. The summed E-state index contributed by atoms with van der Waals surface area (Å²) in [5.41, 5.74) is 1.85. The molecule has 2 N–H and O–H groups in total. The second-order valence-corrected chi connectivity index (χ2v) is 6.51. The van der Waals surface area contributed by atoms with Crippen molar-refractivity contribution in [2.75, 3.05) is 6.54 Å². The van der Waals surface area contributed by atoms with Crippen LogP contribution in [0.5, 0.6) is 0 Å². The molecular weight excluding hydrogens is 328 g/mol. The van der Waals surface area contributed by atoms with Gasteiger partial charge in [0.15, 0.2) is 5.69 Å². The van der Waals surface area contributed by atoms with Gasteiger partial charge in [0.05, 0.1) is 5.52 Å². The zero-order valence-electron chi connectivity index (χ0n) is 14.9. The Bertz CT molecular complexity index is 916. The normalized spacial score (nSPS) is 10.9. The van der Waals surface area contributed by atoms with Crippen LogP contribution in [0.3, 0.4) is 0 Å². The number of benzene rings is 1. The van der Waals surface area contributed by atoms with Gasteiger partial charge in [0, 0.05) is 19.3 Å². The molecule has 0 aliphatic heterocycles. The molecule has 0 bridgehead atoms. The Morgan fingerprint density at radius 2 is 1.73 bits per heavy atom. The van der Waals surface area contributed by atoms with E-state index in [2.05, 4.69) is 15.6 Å². The van der Waals surface area contributed by atoms with E-state index in [0.717, 1.165) is 5.56 Å².